The van der Waals surface area contributed by atoms with Gasteiger partial charge in [0.05, 0.1) is 18.2 Å². The Morgan fingerprint density at radius 2 is 2.35 bits per heavy atom. The van der Waals surface area contributed by atoms with Gasteiger partial charge in [-0.2, -0.15) is 16.9 Å². The van der Waals surface area contributed by atoms with Crippen molar-refractivity contribution in [1.82, 2.24) is 20.1 Å². The highest BCUT2D eigenvalue weighted by atomic mass is 32.2. The van der Waals surface area contributed by atoms with Gasteiger partial charge in [-0.15, -0.1) is 0 Å². The molecule has 2 saturated heterocycles. The predicted octanol–water partition coefficient (Wildman–Crippen LogP) is 2.00. The van der Waals surface area contributed by atoms with Gasteiger partial charge in [-0.3, -0.25) is 0 Å². The van der Waals surface area contributed by atoms with Crippen LogP contribution in [-0.2, 0) is 11.3 Å². The molecule has 2 fully saturated rings. The average molecular weight is 296 g/mol. The van der Waals surface area contributed by atoms with Crippen LogP contribution in [0.4, 0.5) is 0 Å². The second kappa shape index (κ2) is 6.45. The molecule has 1 aromatic heterocycles. The van der Waals surface area contributed by atoms with Crippen molar-refractivity contribution in [1.29, 1.82) is 0 Å². The summed E-state index contributed by atoms with van der Waals surface area (Å²) in [6, 6.07) is 0.447. The predicted molar refractivity (Wildman–Crippen MR) is 80.9 cm³/mol. The lowest BCUT2D eigenvalue weighted by molar-refractivity contribution is -0.101. The van der Waals surface area contributed by atoms with E-state index in [0.717, 1.165) is 38.4 Å². The maximum atomic E-state index is 6.17. The summed E-state index contributed by atoms with van der Waals surface area (Å²) in [5.41, 5.74) is 0.107. The fourth-order valence-electron chi connectivity index (χ4n) is 3.24. The maximum absolute atomic E-state index is 6.17. The minimum absolute atomic E-state index is 0.107. The molecule has 2 aliphatic rings. The molecule has 6 heteroatoms. The van der Waals surface area contributed by atoms with E-state index in [9.17, 15) is 0 Å². The molecule has 0 saturated carbocycles. The van der Waals surface area contributed by atoms with Gasteiger partial charge in [-0.1, -0.05) is 6.92 Å². The molecule has 112 valence electrons. The summed E-state index contributed by atoms with van der Waals surface area (Å²) in [4.78, 5) is 4.41. The standard InChI is InChI=1S/C14H24N4OS/c1-2-15-10-13-16-11-17-18(13)12-3-6-19-14(9-12)4-7-20-8-5-14/h11-12,15H,2-10H2,1H3. The quantitative estimate of drug-likeness (QED) is 0.921. The molecule has 2 aliphatic heterocycles. The molecule has 3 rings (SSSR count). The van der Waals surface area contributed by atoms with E-state index in [1.165, 1.54) is 24.3 Å². The molecule has 1 unspecified atom stereocenters. The van der Waals surface area contributed by atoms with E-state index in [2.05, 4.69) is 38.8 Å². The van der Waals surface area contributed by atoms with Crippen LogP contribution in [0.2, 0.25) is 0 Å². The molecule has 0 amide bonds. The highest BCUT2D eigenvalue weighted by Crippen LogP contribution is 2.41. The summed E-state index contributed by atoms with van der Waals surface area (Å²) >= 11 is 2.05. The first kappa shape index (κ1) is 14.4. The van der Waals surface area contributed by atoms with Gasteiger partial charge in [0.15, 0.2) is 0 Å². The van der Waals surface area contributed by atoms with E-state index < -0.39 is 0 Å². The molecule has 0 aromatic carbocycles. The Balaban J connectivity index is 1.71. The molecule has 20 heavy (non-hydrogen) atoms. The van der Waals surface area contributed by atoms with Gasteiger partial charge in [0, 0.05) is 6.61 Å². The minimum atomic E-state index is 0.107. The Kier molecular flexibility index (Phi) is 4.63. The maximum Gasteiger partial charge on any atom is 0.141 e. The summed E-state index contributed by atoms with van der Waals surface area (Å²) in [6.07, 6.45) is 6.20. The van der Waals surface area contributed by atoms with Crippen molar-refractivity contribution in [3.8, 4) is 0 Å². The molecule has 0 radical (unpaired) electrons. The van der Waals surface area contributed by atoms with Crippen LogP contribution in [0.15, 0.2) is 6.33 Å². The van der Waals surface area contributed by atoms with E-state index in [1.54, 1.807) is 6.33 Å². The van der Waals surface area contributed by atoms with Crippen molar-refractivity contribution in [3.63, 3.8) is 0 Å². The highest BCUT2D eigenvalue weighted by molar-refractivity contribution is 7.99. The number of rotatable bonds is 4. The van der Waals surface area contributed by atoms with Crippen molar-refractivity contribution in [2.45, 2.75) is 50.8 Å². The molecule has 0 aliphatic carbocycles. The molecule has 1 N–H and O–H groups in total. The fourth-order valence-corrected chi connectivity index (χ4v) is 4.48. The minimum Gasteiger partial charge on any atom is -0.375 e. The first-order chi connectivity index (χ1) is 9.83. The van der Waals surface area contributed by atoms with Crippen molar-refractivity contribution >= 4 is 11.8 Å². The molecule has 1 aromatic rings. The van der Waals surface area contributed by atoms with E-state index in [1.807, 2.05) is 0 Å². The zero-order valence-corrected chi connectivity index (χ0v) is 13.0. The van der Waals surface area contributed by atoms with Gasteiger partial charge >= 0.3 is 0 Å². The zero-order chi connectivity index (χ0) is 13.8. The Morgan fingerprint density at radius 3 is 3.15 bits per heavy atom. The molecule has 1 spiro atoms. The Morgan fingerprint density at radius 1 is 1.50 bits per heavy atom. The van der Waals surface area contributed by atoms with Crippen molar-refractivity contribution in [2.24, 2.45) is 0 Å². The zero-order valence-electron chi connectivity index (χ0n) is 12.2. The molecule has 3 heterocycles. The monoisotopic (exact) mass is 296 g/mol. The normalized spacial score (nSPS) is 25.9. The van der Waals surface area contributed by atoms with E-state index in [-0.39, 0.29) is 5.60 Å². The van der Waals surface area contributed by atoms with Crippen LogP contribution >= 0.6 is 11.8 Å². The van der Waals surface area contributed by atoms with Crippen molar-refractivity contribution < 1.29 is 4.74 Å². The van der Waals surface area contributed by atoms with E-state index in [0.29, 0.717) is 6.04 Å². The molecular formula is C14H24N4OS. The van der Waals surface area contributed by atoms with E-state index >= 15 is 0 Å². The van der Waals surface area contributed by atoms with Gasteiger partial charge in [0.2, 0.25) is 0 Å². The number of nitrogens with zero attached hydrogens (tertiary/aromatic N) is 3. The van der Waals surface area contributed by atoms with Crippen LogP contribution in [0.3, 0.4) is 0 Å². The van der Waals surface area contributed by atoms with Crippen LogP contribution in [0.5, 0.6) is 0 Å². The van der Waals surface area contributed by atoms with Gasteiger partial charge < -0.3 is 10.1 Å². The highest BCUT2D eigenvalue weighted by Gasteiger charge is 2.40. The Hall–Kier alpha value is -0.590. The molecular weight excluding hydrogens is 272 g/mol. The summed E-state index contributed by atoms with van der Waals surface area (Å²) < 4.78 is 8.30. The first-order valence-electron chi connectivity index (χ1n) is 7.64. The summed E-state index contributed by atoms with van der Waals surface area (Å²) in [7, 11) is 0. The largest absolute Gasteiger partial charge is 0.375 e. The smallest absolute Gasteiger partial charge is 0.141 e. The van der Waals surface area contributed by atoms with Crippen LogP contribution in [0.1, 0.15) is 44.5 Å². The Bertz CT molecular complexity index is 425. The lowest BCUT2D eigenvalue weighted by Gasteiger charge is -2.43. The summed E-state index contributed by atoms with van der Waals surface area (Å²) in [6.45, 7) is 4.73. The van der Waals surface area contributed by atoms with Gasteiger partial charge in [0.1, 0.15) is 12.2 Å². The second-order valence-electron chi connectivity index (χ2n) is 5.69. The average Bonchev–Trinajstić information content (AvgIpc) is 2.94. The van der Waals surface area contributed by atoms with Gasteiger partial charge in [-0.25, -0.2) is 9.67 Å². The number of hydrogen-bond donors (Lipinski definition) is 1. The SMILES string of the molecule is CCNCc1ncnn1C1CCOC2(CCSCC2)C1. The molecule has 1 atom stereocenters. The Labute approximate surface area is 124 Å². The summed E-state index contributed by atoms with van der Waals surface area (Å²) in [5.74, 6) is 3.52. The van der Waals surface area contributed by atoms with Crippen LogP contribution < -0.4 is 5.32 Å². The van der Waals surface area contributed by atoms with Crippen molar-refractivity contribution in [3.05, 3.63) is 12.2 Å². The third-order valence-electron chi connectivity index (χ3n) is 4.40. The lowest BCUT2D eigenvalue weighted by Crippen LogP contribution is -2.43. The lowest BCUT2D eigenvalue weighted by atomic mass is 9.85. The van der Waals surface area contributed by atoms with Crippen molar-refractivity contribution in [2.75, 3.05) is 24.7 Å². The number of aromatic nitrogens is 3. The number of ether oxygens (including phenoxy) is 1. The van der Waals surface area contributed by atoms with Gasteiger partial charge in [-0.05, 0) is 43.7 Å². The first-order valence-corrected chi connectivity index (χ1v) is 8.79. The number of hydrogen-bond acceptors (Lipinski definition) is 5. The van der Waals surface area contributed by atoms with E-state index in [4.69, 9.17) is 4.74 Å². The fraction of sp³-hybridized carbons (Fsp3) is 0.857. The number of thioether (sulfide) groups is 1. The molecule has 5 nitrogen and oxygen atoms in total. The van der Waals surface area contributed by atoms with Crippen LogP contribution in [0, 0.1) is 0 Å². The summed E-state index contributed by atoms with van der Waals surface area (Å²) in [5, 5.41) is 7.82. The van der Waals surface area contributed by atoms with Crippen LogP contribution in [0.25, 0.3) is 0 Å². The topological polar surface area (TPSA) is 52.0 Å². The van der Waals surface area contributed by atoms with Gasteiger partial charge in [0.25, 0.3) is 0 Å². The van der Waals surface area contributed by atoms with Crippen LogP contribution in [-0.4, -0.2) is 45.0 Å². The molecule has 0 bridgehead atoms. The second-order valence-corrected chi connectivity index (χ2v) is 6.92. The third-order valence-corrected chi connectivity index (χ3v) is 5.38. The number of nitrogens with one attached hydrogen (secondary N) is 1. The third kappa shape index (κ3) is 3.02.